The van der Waals surface area contributed by atoms with E-state index >= 15 is 0 Å². The number of phenols is 1. The number of nitrogens with one attached hydrogen (secondary N) is 3. The molecule has 1 amide bonds. The molecule has 10 nitrogen and oxygen atoms in total. The van der Waals surface area contributed by atoms with Gasteiger partial charge in [0, 0.05) is 22.5 Å². The molecular formula is C28H25N5O5. The Morgan fingerprint density at radius 1 is 0.947 bits per heavy atom. The van der Waals surface area contributed by atoms with Gasteiger partial charge in [0.25, 0.3) is 5.91 Å². The molecule has 192 valence electrons. The number of benzene rings is 3. The number of amides is 1. The molecule has 2 heterocycles. The van der Waals surface area contributed by atoms with Crippen molar-refractivity contribution in [3.63, 3.8) is 0 Å². The zero-order valence-electron chi connectivity index (χ0n) is 20.3. The van der Waals surface area contributed by atoms with Crippen molar-refractivity contribution < 1.29 is 24.9 Å². The summed E-state index contributed by atoms with van der Waals surface area (Å²) in [5.41, 5.74) is 7.92. The molecule has 0 radical (unpaired) electrons. The standard InChI is InChI=1S/C28H25N5O5/c1-16-21(27(36)37)22(17-8-4-2-5-9-17)23-24(31-32-26(35)18-12-14-20(34)15-13-18)30-28(38)33(25(23)29-16)19-10-6-3-7-11-19/h2-15,22,28-29,34,38H,1H3,(H,30,31)(H,32,35)(H,36,37). The van der Waals surface area contributed by atoms with E-state index in [1.165, 1.54) is 24.3 Å². The fourth-order valence-corrected chi connectivity index (χ4v) is 4.62. The number of hydrazine groups is 1. The molecular weight excluding hydrogens is 486 g/mol. The van der Waals surface area contributed by atoms with Gasteiger partial charge in [-0.3, -0.25) is 20.5 Å². The largest absolute Gasteiger partial charge is 0.508 e. The van der Waals surface area contributed by atoms with Crippen molar-refractivity contribution in [2.45, 2.75) is 19.2 Å². The van der Waals surface area contributed by atoms with Crippen LogP contribution in [0.1, 0.15) is 28.8 Å². The highest BCUT2D eigenvalue weighted by molar-refractivity contribution is 6.07. The van der Waals surface area contributed by atoms with Crippen LogP contribution in [0.2, 0.25) is 0 Å². The van der Waals surface area contributed by atoms with Gasteiger partial charge in [-0.15, -0.1) is 0 Å². The van der Waals surface area contributed by atoms with E-state index < -0.39 is 24.1 Å². The van der Waals surface area contributed by atoms with Gasteiger partial charge in [-0.1, -0.05) is 48.5 Å². The Bertz CT molecular complexity index is 1470. The number of carboxylic acid groups (broad SMARTS) is 1. The molecule has 2 atom stereocenters. The Kier molecular flexibility index (Phi) is 6.55. The van der Waals surface area contributed by atoms with Crippen LogP contribution in [-0.4, -0.2) is 39.4 Å². The molecule has 0 saturated heterocycles. The van der Waals surface area contributed by atoms with Crippen LogP contribution in [0.15, 0.2) is 113 Å². The summed E-state index contributed by atoms with van der Waals surface area (Å²) in [4.78, 5) is 31.3. The molecule has 10 heteroatoms. The number of amidine groups is 1. The third-order valence-electron chi connectivity index (χ3n) is 6.34. The van der Waals surface area contributed by atoms with E-state index in [9.17, 15) is 24.9 Å². The molecule has 0 bridgehead atoms. The highest BCUT2D eigenvalue weighted by Crippen LogP contribution is 2.42. The molecule has 0 saturated carbocycles. The molecule has 5 rings (SSSR count). The number of allylic oxidation sites excluding steroid dienone is 1. The lowest BCUT2D eigenvalue weighted by Gasteiger charge is -2.41. The van der Waals surface area contributed by atoms with E-state index in [0.717, 1.165) is 0 Å². The minimum absolute atomic E-state index is 0.0208. The number of phenolic OH excluding ortho intramolecular Hbond substituents is 1. The van der Waals surface area contributed by atoms with Crippen LogP contribution in [0.4, 0.5) is 5.69 Å². The minimum Gasteiger partial charge on any atom is -0.508 e. The van der Waals surface area contributed by atoms with Gasteiger partial charge in [-0.2, -0.15) is 0 Å². The number of aliphatic carboxylic acids is 1. The predicted molar refractivity (Wildman–Crippen MR) is 141 cm³/mol. The van der Waals surface area contributed by atoms with E-state index in [-0.39, 0.29) is 22.7 Å². The summed E-state index contributed by atoms with van der Waals surface area (Å²) in [6, 6.07) is 23.9. The van der Waals surface area contributed by atoms with Gasteiger partial charge in [0.2, 0.25) is 6.35 Å². The fourth-order valence-electron chi connectivity index (χ4n) is 4.62. The predicted octanol–water partition coefficient (Wildman–Crippen LogP) is 2.78. The van der Waals surface area contributed by atoms with Gasteiger partial charge < -0.3 is 20.6 Å². The molecule has 0 spiro atoms. The SMILES string of the molecule is CC1=C(C(=O)O)C(c2ccccc2)C2=C(N1)N(c1ccccc1)C(O)N=C2NNC(=O)c1ccc(O)cc1. The molecule has 0 fully saturated rings. The average molecular weight is 512 g/mol. The number of carbonyl (C=O) groups is 2. The normalized spacial score (nSPS) is 18.8. The Morgan fingerprint density at radius 3 is 2.21 bits per heavy atom. The van der Waals surface area contributed by atoms with Crippen molar-refractivity contribution in [1.29, 1.82) is 0 Å². The Hall–Kier alpha value is -5.09. The van der Waals surface area contributed by atoms with Crippen LogP contribution in [0.3, 0.4) is 0 Å². The van der Waals surface area contributed by atoms with Gasteiger partial charge in [0.15, 0.2) is 5.84 Å². The zero-order chi connectivity index (χ0) is 26.8. The van der Waals surface area contributed by atoms with Crippen molar-refractivity contribution in [1.82, 2.24) is 16.2 Å². The molecule has 0 aliphatic carbocycles. The Labute approximate surface area is 218 Å². The minimum atomic E-state index is -1.38. The van der Waals surface area contributed by atoms with Crippen LogP contribution in [-0.2, 0) is 4.79 Å². The summed E-state index contributed by atoms with van der Waals surface area (Å²) in [7, 11) is 0. The molecule has 3 aromatic rings. The number of rotatable bonds is 4. The number of carboxylic acids is 1. The topological polar surface area (TPSA) is 147 Å². The number of anilines is 1. The van der Waals surface area contributed by atoms with E-state index in [4.69, 9.17) is 0 Å². The lowest BCUT2D eigenvalue weighted by molar-refractivity contribution is -0.133. The maximum Gasteiger partial charge on any atom is 0.334 e. The van der Waals surface area contributed by atoms with Crippen LogP contribution < -0.4 is 21.1 Å². The molecule has 2 unspecified atom stereocenters. The number of para-hydroxylation sites is 1. The first-order valence-corrected chi connectivity index (χ1v) is 11.8. The van der Waals surface area contributed by atoms with Crippen LogP contribution in [0.5, 0.6) is 5.75 Å². The van der Waals surface area contributed by atoms with E-state index in [2.05, 4.69) is 21.2 Å². The quantitative estimate of drug-likeness (QED) is 0.293. The summed E-state index contributed by atoms with van der Waals surface area (Å²) >= 11 is 0. The smallest absolute Gasteiger partial charge is 0.334 e. The molecule has 6 N–H and O–H groups in total. The van der Waals surface area contributed by atoms with E-state index in [1.54, 1.807) is 24.0 Å². The number of hydrogen-bond acceptors (Lipinski definition) is 8. The summed E-state index contributed by atoms with van der Waals surface area (Å²) in [6.45, 7) is 1.67. The highest BCUT2D eigenvalue weighted by atomic mass is 16.4. The fraction of sp³-hybridized carbons (Fsp3) is 0.107. The number of hydrogen-bond donors (Lipinski definition) is 6. The van der Waals surface area contributed by atoms with Gasteiger partial charge >= 0.3 is 5.97 Å². The number of aliphatic hydroxyl groups excluding tert-OH is 1. The summed E-state index contributed by atoms with van der Waals surface area (Å²) in [5.74, 6) is -1.86. The lowest BCUT2D eigenvalue weighted by Crippen LogP contribution is -2.53. The lowest BCUT2D eigenvalue weighted by atomic mass is 9.80. The second-order valence-electron chi connectivity index (χ2n) is 8.73. The second-order valence-corrected chi connectivity index (χ2v) is 8.73. The summed E-state index contributed by atoms with van der Waals surface area (Å²) in [5, 5.41) is 34.0. The van der Waals surface area contributed by atoms with Crippen molar-refractivity contribution >= 4 is 23.4 Å². The Balaban J connectivity index is 1.61. The third-order valence-corrected chi connectivity index (χ3v) is 6.34. The highest BCUT2D eigenvalue weighted by Gasteiger charge is 2.42. The van der Waals surface area contributed by atoms with Crippen molar-refractivity contribution in [2.24, 2.45) is 4.99 Å². The van der Waals surface area contributed by atoms with Gasteiger partial charge in [0.05, 0.1) is 11.5 Å². The second kappa shape index (κ2) is 10.1. The average Bonchev–Trinajstić information content (AvgIpc) is 2.92. The monoisotopic (exact) mass is 511 g/mol. The molecule has 2 aliphatic heterocycles. The van der Waals surface area contributed by atoms with Crippen LogP contribution >= 0.6 is 0 Å². The van der Waals surface area contributed by atoms with Crippen molar-refractivity contribution in [3.8, 4) is 5.75 Å². The first-order chi connectivity index (χ1) is 18.3. The van der Waals surface area contributed by atoms with Crippen LogP contribution in [0, 0.1) is 0 Å². The van der Waals surface area contributed by atoms with Gasteiger partial charge in [-0.05, 0) is 48.9 Å². The molecule has 38 heavy (non-hydrogen) atoms. The molecule has 3 aromatic carbocycles. The number of aromatic hydroxyl groups is 1. The zero-order valence-corrected chi connectivity index (χ0v) is 20.3. The number of carbonyl (C=O) groups excluding carboxylic acids is 1. The first-order valence-electron chi connectivity index (χ1n) is 11.8. The van der Waals surface area contributed by atoms with Crippen LogP contribution in [0.25, 0.3) is 0 Å². The summed E-state index contributed by atoms with van der Waals surface area (Å²) < 4.78 is 0. The van der Waals surface area contributed by atoms with E-state index in [0.29, 0.717) is 28.3 Å². The van der Waals surface area contributed by atoms with Gasteiger partial charge in [-0.25, -0.2) is 9.79 Å². The van der Waals surface area contributed by atoms with Crippen molar-refractivity contribution in [2.75, 3.05) is 4.90 Å². The number of dihydropyridines is 1. The maximum absolute atomic E-state index is 12.8. The molecule has 2 aliphatic rings. The maximum atomic E-state index is 12.8. The van der Waals surface area contributed by atoms with Crippen molar-refractivity contribution in [3.05, 3.63) is 119 Å². The third kappa shape index (κ3) is 4.56. The van der Waals surface area contributed by atoms with Gasteiger partial charge in [0.1, 0.15) is 11.6 Å². The van der Waals surface area contributed by atoms with E-state index in [1.807, 2.05) is 48.5 Å². The number of aliphatic hydroxyl groups is 1. The Morgan fingerprint density at radius 2 is 1.58 bits per heavy atom. The number of nitrogens with zero attached hydrogens (tertiary/aromatic N) is 2. The first kappa shape index (κ1) is 24.6. The molecule has 0 aromatic heterocycles. The summed E-state index contributed by atoms with van der Waals surface area (Å²) in [6.07, 6.45) is -1.38. The number of aliphatic imine (C=N–C) groups is 1.